The minimum absolute atomic E-state index is 0.00621. The monoisotopic (exact) mass is 552 g/mol. The topological polar surface area (TPSA) is 128 Å². The fraction of sp³-hybridized carbons (Fsp3) is 0.0909. The molecule has 182 valence electrons. The summed E-state index contributed by atoms with van der Waals surface area (Å²) in [7, 11) is -4.11. The van der Waals surface area contributed by atoms with Crippen molar-refractivity contribution in [3.05, 3.63) is 98.8 Å². The molecule has 35 heavy (non-hydrogen) atoms. The quantitative estimate of drug-likeness (QED) is 0.363. The Balaban J connectivity index is 1.58. The Labute approximate surface area is 215 Å². The maximum absolute atomic E-state index is 13.2. The molecule has 0 unspecified atom stereocenters. The van der Waals surface area contributed by atoms with E-state index in [0.29, 0.717) is 16.3 Å². The molecule has 2 aromatic carbocycles. The van der Waals surface area contributed by atoms with Crippen LogP contribution in [0.2, 0.25) is 10.0 Å². The Morgan fingerprint density at radius 1 is 1.11 bits per heavy atom. The number of rotatable bonds is 8. The summed E-state index contributed by atoms with van der Waals surface area (Å²) in [5.41, 5.74) is 0.884. The Morgan fingerprint density at radius 3 is 2.54 bits per heavy atom. The van der Waals surface area contributed by atoms with Crippen LogP contribution in [0.15, 0.2) is 77.6 Å². The second-order valence-corrected chi connectivity index (χ2v) is 10.8. The third-order valence-corrected chi connectivity index (χ3v) is 7.66. The fourth-order valence-electron chi connectivity index (χ4n) is 3.35. The van der Waals surface area contributed by atoms with Gasteiger partial charge in [0.15, 0.2) is 0 Å². The normalized spacial score (nSPS) is 15.4. The summed E-state index contributed by atoms with van der Waals surface area (Å²) in [4.78, 5) is 24.9. The van der Waals surface area contributed by atoms with Gasteiger partial charge in [0.25, 0.3) is 15.9 Å². The summed E-state index contributed by atoms with van der Waals surface area (Å²) in [5.74, 6) is -2.06. The predicted molar refractivity (Wildman–Crippen MR) is 136 cm³/mol. The first-order valence-corrected chi connectivity index (χ1v) is 13.1. The number of carbonyl (C=O) groups excluding carboxylic acids is 1. The van der Waals surface area contributed by atoms with Crippen molar-refractivity contribution < 1.29 is 23.1 Å². The SMILES string of the molecule is O=C(N[C@H](Cc1ccc(Cl)cc1)C(=O)O)c1cc(Cl)ccc1NS(=O)(=O)C1=CC=CN2SNC=C12. The van der Waals surface area contributed by atoms with Gasteiger partial charge in [-0.15, -0.1) is 0 Å². The van der Waals surface area contributed by atoms with Crippen molar-refractivity contribution in [3.63, 3.8) is 0 Å². The lowest BCUT2D eigenvalue weighted by atomic mass is 10.1. The number of hydrogen-bond donors (Lipinski definition) is 4. The number of carboxylic acid groups (broad SMARTS) is 1. The highest BCUT2D eigenvalue weighted by Gasteiger charge is 2.31. The number of aliphatic carboxylic acids is 1. The Morgan fingerprint density at radius 2 is 1.83 bits per heavy atom. The number of halogens is 2. The molecule has 0 bridgehead atoms. The van der Waals surface area contributed by atoms with E-state index in [1.807, 2.05) is 0 Å². The number of sulfonamides is 1. The summed E-state index contributed by atoms with van der Waals surface area (Å²) in [5, 5.41) is 12.8. The molecule has 0 fully saturated rings. The number of carboxylic acids is 1. The summed E-state index contributed by atoms with van der Waals surface area (Å²) in [6.45, 7) is 0. The Kier molecular flexibility index (Phi) is 7.31. The van der Waals surface area contributed by atoms with Crippen LogP contribution in [0, 0.1) is 0 Å². The van der Waals surface area contributed by atoms with Gasteiger partial charge >= 0.3 is 5.97 Å². The van der Waals surface area contributed by atoms with Crippen molar-refractivity contribution in [1.82, 2.24) is 14.3 Å². The molecular weight excluding hydrogens is 535 g/mol. The average molecular weight is 553 g/mol. The van der Waals surface area contributed by atoms with Crippen LogP contribution < -0.4 is 14.8 Å². The molecule has 2 aliphatic heterocycles. The summed E-state index contributed by atoms with van der Waals surface area (Å²) in [6.07, 6.45) is 6.25. The summed E-state index contributed by atoms with van der Waals surface area (Å²) < 4.78 is 33.3. The molecule has 4 N–H and O–H groups in total. The second kappa shape index (κ2) is 10.2. The molecule has 0 aliphatic carbocycles. The van der Waals surface area contributed by atoms with E-state index in [2.05, 4.69) is 14.8 Å². The van der Waals surface area contributed by atoms with Gasteiger partial charge in [-0.1, -0.05) is 35.3 Å². The van der Waals surface area contributed by atoms with E-state index >= 15 is 0 Å². The highest BCUT2D eigenvalue weighted by Crippen LogP contribution is 2.34. The van der Waals surface area contributed by atoms with E-state index in [1.54, 1.807) is 47.0 Å². The molecule has 0 spiro atoms. The lowest BCUT2D eigenvalue weighted by Gasteiger charge is -2.21. The van der Waals surface area contributed by atoms with E-state index in [-0.39, 0.29) is 27.6 Å². The van der Waals surface area contributed by atoms with Crippen molar-refractivity contribution in [2.45, 2.75) is 12.5 Å². The molecule has 0 saturated carbocycles. The number of allylic oxidation sites excluding steroid dienone is 2. The number of amides is 1. The molecule has 0 saturated heterocycles. The van der Waals surface area contributed by atoms with Crippen LogP contribution in [0.4, 0.5) is 5.69 Å². The molecule has 2 heterocycles. The van der Waals surface area contributed by atoms with Crippen LogP contribution in [0.1, 0.15) is 15.9 Å². The van der Waals surface area contributed by atoms with Crippen LogP contribution in [0.5, 0.6) is 0 Å². The third-order valence-electron chi connectivity index (χ3n) is 5.02. The zero-order valence-corrected chi connectivity index (χ0v) is 20.9. The number of nitrogens with zero attached hydrogens (tertiary/aromatic N) is 1. The van der Waals surface area contributed by atoms with E-state index in [0.717, 1.165) is 0 Å². The van der Waals surface area contributed by atoms with E-state index < -0.39 is 27.9 Å². The van der Waals surface area contributed by atoms with Gasteiger partial charge in [-0.2, -0.15) is 0 Å². The largest absolute Gasteiger partial charge is 0.480 e. The molecule has 4 rings (SSSR count). The van der Waals surface area contributed by atoms with Crippen LogP contribution in [-0.4, -0.2) is 35.7 Å². The Bertz CT molecular complexity index is 1370. The van der Waals surface area contributed by atoms with Crippen molar-refractivity contribution in [2.75, 3.05) is 4.72 Å². The van der Waals surface area contributed by atoms with Crippen molar-refractivity contribution >= 4 is 62.9 Å². The van der Waals surface area contributed by atoms with Gasteiger partial charge in [0, 0.05) is 28.9 Å². The van der Waals surface area contributed by atoms with E-state index in [4.69, 9.17) is 23.2 Å². The number of hydrogen-bond acceptors (Lipinski definition) is 7. The molecule has 1 atom stereocenters. The van der Waals surface area contributed by atoms with Gasteiger partial charge in [-0.25, -0.2) is 13.2 Å². The number of benzene rings is 2. The minimum Gasteiger partial charge on any atom is -0.480 e. The van der Waals surface area contributed by atoms with Gasteiger partial charge in [0.1, 0.15) is 10.9 Å². The first-order chi connectivity index (χ1) is 16.6. The zero-order chi connectivity index (χ0) is 25.2. The van der Waals surface area contributed by atoms with Crippen molar-refractivity contribution in [3.8, 4) is 0 Å². The predicted octanol–water partition coefficient (Wildman–Crippen LogP) is 3.88. The second-order valence-electron chi connectivity index (χ2n) is 7.43. The van der Waals surface area contributed by atoms with Crippen LogP contribution in [0.3, 0.4) is 0 Å². The molecule has 9 nitrogen and oxygen atoms in total. The molecule has 0 aromatic heterocycles. The third kappa shape index (κ3) is 5.76. The summed E-state index contributed by atoms with van der Waals surface area (Å²) >= 11 is 13.1. The first-order valence-electron chi connectivity index (χ1n) is 10.1. The molecule has 1 amide bonds. The molecule has 2 aromatic rings. The summed E-state index contributed by atoms with van der Waals surface area (Å²) in [6, 6.07) is 9.30. The van der Waals surface area contributed by atoms with Gasteiger partial charge < -0.3 is 15.1 Å². The van der Waals surface area contributed by atoms with Crippen molar-refractivity contribution in [1.29, 1.82) is 0 Å². The van der Waals surface area contributed by atoms with Crippen molar-refractivity contribution in [2.24, 2.45) is 0 Å². The number of fused-ring (bicyclic) bond motifs is 1. The lowest BCUT2D eigenvalue weighted by Crippen LogP contribution is -2.42. The van der Waals surface area contributed by atoms with Gasteiger partial charge in [0.2, 0.25) is 0 Å². The number of nitrogens with one attached hydrogen (secondary N) is 3. The van der Waals surface area contributed by atoms with Crippen LogP contribution in [0.25, 0.3) is 0 Å². The van der Waals surface area contributed by atoms with Gasteiger partial charge in [-0.3, -0.25) is 13.8 Å². The van der Waals surface area contributed by atoms with Gasteiger partial charge in [0.05, 0.1) is 29.1 Å². The standard InChI is InChI=1S/C22H18Cl2N4O5S2/c23-14-5-3-13(4-6-14)10-18(22(30)31)26-21(29)16-11-15(24)7-8-17(16)27-35(32,33)20-2-1-9-28-19(20)12-25-34-28/h1-9,11-12,18,25,27H,10H2,(H,26,29)(H,30,31)/t18-/m1/s1. The molecular formula is C22H18Cl2N4O5S2. The maximum Gasteiger partial charge on any atom is 0.326 e. The molecule has 0 radical (unpaired) electrons. The highest BCUT2D eigenvalue weighted by molar-refractivity contribution is 7.97. The zero-order valence-electron chi connectivity index (χ0n) is 17.7. The minimum atomic E-state index is -4.11. The Hall–Kier alpha value is -3.12. The highest BCUT2D eigenvalue weighted by atomic mass is 35.5. The first kappa shape index (κ1) is 25.0. The molecule has 13 heteroatoms. The van der Waals surface area contributed by atoms with Gasteiger partial charge in [-0.05, 0) is 48.0 Å². The van der Waals surface area contributed by atoms with Crippen LogP contribution >= 0.6 is 35.3 Å². The number of anilines is 1. The maximum atomic E-state index is 13.2. The smallest absolute Gasteiger partial charge is 0.326 e. The van der Waals surface area contributed by atoms with Crippen LogP contribution in [-0.2, 0) is 21.2 Å². The molecule has 2 aliphatic rings. The lowest BCUT2D eigenvalue weighted by molar-refractivity contribution is -0.139. The fourth-order valence-corrected chi connectivity index (χ4v) is 5.63. The van der Waals surface area contributed by atoms with E-state index in [9.17, 15) is 23.1 Å². The average Bonchev–Trinajstić information content (AvgIpc) is 3.29. The van der Waals surface area contributed by atoms with E-state index in [1.165, 1.54) is 36.4 Å². The number of carbonyl (C=O) groups is 2.